The molecule has 2 fully saturated rings. The van der Waals surface area contributed by atoms with Gasteiger partial charge in [-0.2, -0.15) is 0 Å². The van der Waals surface area contributed by atoms with Gasteiger partial charge in [0, 0.05) is 31.7 Å². The Morgan fingerprint density at radius 2 is 1.95 bits per heavy atom. The van der Waals surface area contributed by atoms with E-state index in [1.54, 1.807) is 0 Å². The van der Waals surface area contributed by atoms with Gasteiger partial charge in [-0.05, 0) is 52.4 Å². The van der Waals surface area contributed by atoms with Gasteiger partial charge < -0.3 is 20.7 Å². The van der Waals surface area contributed by atoms with Crippen LogP contribution in [0, 0.1) is 5.92 Å². The molecule has 0 aromatic rings. The molecule has 1 aliphatic carbocycles. The molecule has 3 unspecified atom stereocenters. The van der Waals surface area contributed by atoms with E-state index in [1.807, 2.05) is 25.7 Å². The molecular formula is C17H33N3O2. The molecule has 1 saturated carbocycles. The second-order valence-corrected chi connectivity index (χ2v) is 7.68. The molecular weight excluding hydrogens is 278 g/mol. The third-order valence-corrected chi connectivity index (χ3v) is 4.79. The lowest BCUT2D eigenvalue weighted by Gasteiger charge is -2.40. The van der Waals surface area contributed by atoms with Crippen LogP contribution in [-0.2, 0) is 4.74 Å². The summed E-state index contributed by atoms with van der Waals surface area (Å²) >= 11 is 0. The molecule has 0 aromatic carbocycles. The second kappa shape index (κ2) is 7.64. The van der Waals surface area contributed by atoms with Crippen LogP contribution in [0.1, 0.15) is 59.3 Å². The van der Waals surface area contributed by atoms with Crippen molar-refractivity contribution in [3.63, 3.8) is 0 Å². The van der Waals surface area contributed by atoms with Crippen LogP contribution in [0.25, 0.3) is 0 Å². The molecule has 1 amide bonds. The predicted octanol–water partition coefficient (Wildman–Crippen LogP) is 2.49. The summed E-state index contributed by atoms with van der Waals surface area (Å²) in [6, 6.07) is 0.816. The number of likely N-dealkylation sites (tertiary alicyclic amines) is 1. The zero-order chi connectivity index (χ0) is 16.2. The first-order valence-electron chi connectivity index (χ1n) is 8.85. The number of nitrogens with one attached hydrogen (secondary N) is 1. The van der Waals surface area contributed by atoms with Crippen molar-refractivity contribution in [1.29, 1.82) is 0 Å². The minimum atomic E-state index is -0.423. The van der Waals surface area contributed by atoms with Gasteiger partial charge in [0.25, 0.3) is 0 Å². The monoisotopic (exact) mass is 311 g/mol. The fourth-order valence-corrected chi connectivity index (χ4v) is 3.93. The Balaban J connectivity index is 2.02. The Kier molecular flexibility index (Phi) is 6.09. The van der Waals surface area contributed by atoms with Crippen molar-refractivity contribution in [2.45, 2.75) is 77.0 Å². The van der Waals surface area contributed by atoms with E-state index < -0.39 is 5.60 Å². The van der Waals surface area contributed by atoms with Crippen molar-refractivity contribution < 1.29 is 9.53 Å². The van der Waals surface area contributed by atoms with Crippen LogP contribution in [0.2, 0.25) is 0 Å². The summed E-state index contributed by atoms with van der Waals surface area (Å²) in [6.07, 6.45) is 6.99. The summed E-state index contributed by atoms with van der Waals surface area (Å²) in [6.45, 7) is 8.16. The maximum absolute atomic E-state index is 12.5. The summed E-state index contributed by atoms with van der Waals surface area (Å²) in [7, 11) is 0. The molecule has 3 N–H and O–H groups in total. The van der Waals surface area contributed by atoms with Crippen molar-refractivity contribution in [1.82, 2.24) is 10.2 Å². The highest BCUT2D eigenvalue weighted by molar-refractivity contribution is 5.69. The van der Waals surface area contributed by atoms with Crippen molar-refractivity contribution in [2.24, 2.45) is 11.7 Å². The molecule has 2 rings (SSSR count). The summed E-state index contributed by atoms with van der Waals surface area (Å²) in [5.41, 5.74) is 5.22. The maximum atomic E-state index is 12.5. The van der Waals surface area contributed by atoms with Crippen molar-refractivity contribution in [3.8, 4) is 0 Å². The average molecular weight is 311 g/mol. The quantitative estimate of drug-likeness (QED) is 0.837. The fourth-order valence-electron chi connectivity index (χ4n) is 3.93. The Labute approximate surface area is 134 Å². The number of ether oxygens (including phenoxy) is 1. The maximum Gasteiger partial charge on any atom is 0.410 e. The van der Waals surface area contributed by atoms with E-state index in [4.69, 9.17) is 10.5 Å². The van der Waals surface area contributed by atoms with Gasteiger partial charge in [-0.1, -0.05) is 12.8 Å². The summed E-state index contributed by atoms with van der Waals surface area (Å²) in [5.74, 6) is 0.537. The van der Waals surface area contributed by atoms with E-state index in [0.29, 0.717) is 24.5 Å². The summed E-state index contributed by atoms with van der Waals surface area (Å²) < 4.78 is 5.61. The first-order valence-corrected chi connectivity index (χ1v) is 8.85. The van der Waals surface area contributed by atoms with Crippen molar-refractivity contribution in [3.05, 3.63) is 0 Å². The third kappa shape index (κ3) is 4.59. The number of amides is 1. The van der Waals surface area contributed by atoms with Gasteiger partial charge in [0.05, 0.1) is 0 Å². The predicted molar refractivity (Wildman–Crippen MR) is 88.8 cm³/mol. The zero-order valence-corrected chi connectivity index (χ0v) is 14.4. The summed E-state index contributed by atoms with van der Waals surface area (Å²) in [5, 5.41) is 3.60. The molecule has 0 spiro atoms. The van der Waals surface area contributed by atoms with Gasteiger partial charge in [-0.15, -0.1) is 0 Å². The number of nitrogens with zero attached hydrogens (tertiary/aromatic N) is 1. The van der Waals surface area contributed by atoms with E-state index in [9.17, 15) is 4.79 Å². The topological polar surface area (TPSA) is 67.6 Å². The lowest BCUT2D eigenvalue weighted by atomic mass is 9.79. The van der Waals surface area contributed by atoms with Crippen LogP contribution in [0.3, 0.4) is 0 Å². The minimum Gasteiger partial charge on any atom is -0.444 e. The van der Waals surface area contributed by atoms with Crippen molar-refractivity contribution in [2.75, 3.05) is 19.6 Å². The highest BCUT2D eigenvalue weighted by Crippen LogP contribution is 2.35. The van der Waals surface area contributed by atoms with Crippen LogP contribution >= 0.6 is 0 Å². The first-order chi connectivity index (χ1) is 10.4. The molecule has 5 heteroatoms. The van der Waals surface area contributed by atoms with Crippen LogP contribution in [0.15, 0.2) is 0 Å². The molecule has 0 bridgehead atoms. The molecule has 0 aromatic heterocycles. The zero-order valence-electron chi connectivity index (χ0n) is 14.4. The number of carbonyl (C=O) groups is 1. The highest BCUT2D eigenvalue weighted by atomic mass is 16.6. The standard InChI is InChI=1S/C17H33N3O2/c1-17(2,3)22-16(21)20-12-6-9-15(20)13-7-4-5-8-14(13)19-11-10-18/h13-15,19H,4-12,18H2,1-3H3. The number of hydrogen-bond acceptors (Lipinski definition) is 4. The van der Waals surface area contributed by atoms with E-state index in [-0.39, 0.29) is 6.09 Å². The molecule has 2 aliphatic rings. The Morgan fingerprint density at radius 3 is 2.64 bits per heavy atom. The molecule has 1 saturated heterocycles. The second-order valence-electron chi connectivity index (χ2n) is 7.68. The summed E-state index contributed by atoms with van der Waals surface area (Å²) in [4.78, 5) is 14.5. The normalized spacial score (nSPS) is 29.6. The first kappa shape index (κ1) is 17.5. The highest BCUT2D eigenvalue weighted by Gasteiger charge is 2.40. The molecule has 0 radical (unpaired) electrons. The Bertz CT molecular complexity index is 367. The lowest BCUT2D eigenvalue weighted by molar-refractivity contribution is 0.0133. The van der Waals surface area contributed by atoms with E-state index in [1.165, 1.54) is 25.7 Å². The molecule has 5 nitrogen and oxygen atoms in total. The van der Waals surface area contributed by atoms with E-state index in [0.717, 1.165) is 25.9 Å². The Morgan fingerprint density at radius 1 is 1.23 bits per heavy atom. The van der Waals surface area contributed by atoms with Gasteiger partial charge in [-0.25, -0.2) is 4.79 Å². The molecule has 1 aliphatic heterocycles. The number of hydrogen-bond donors (Lipinski definition) is 2. The number of rotatable bonds is 4. The largest absolute Gasteiger partial charge is 0.444 e. The Hall–Kier alpha value is -0.810. The minimum absolute atomic E-state index is 0.141. The van der Waals surface area contributed by atoms with Gasteiger partial charge in [-0.3, -0.25) is 0 Å². The smallest absolute Gasteiger partial charge is 0.410 e. The number of carbonyl (C=O) groups excluding carboxylic acids is 1. The van der Waals surface area contributed by atoms with Gasteiger partial charge >= 0.3 is 6.09 Å². The van der Waals surface area contributed by atoms with Crippen LogP contribution < -0.4 is 11.1 Å². The van der Waals surface area contributed by atoms with Gasteiger partial charge in [0.15, 0.2) is 0 Å². The SMILES string of the molecule is CC(C)(C)OC(=O)N1CCCC1C1CCCCC1NCCN. The van der Waals surface area contributed by atoms with Crippen molar-refractivity contribution >= 4 is 6.09 Å². The number of nitrogens with two attached hydrogens (primary N) is 1. The van der Waals surface area contributed by atoms with Crippen LogP contribution in [-0.4, -0.2) is 48.3 Å². The van der Waals surface area contributed by atoms with E-state index >= 15 is 0 Å². The molecule has 1 heterocycles. The third-order valence-electron chi connectivity index (χ3n) is 4.79. The van der Waals surface area contributed by atoms with Crippen LogP contribution in [0.4, 0.5) is 4.79 Å². The van der Waals surface area contributed by atoms with E-state index in [2.05, 4.69) is 5.32 Å². The molecule has 22 heavy (non-hydrogen) atoms. The fraction of sp³-hybridized carbons (Fsp3) is 0.941. The van der Waals surface area contributed by atoms with Gasteiger partial charge in [0.2, 0.25) is 0 Å². The van der Waals surface area contributed by atoms with Gasteiger partial charge in [0.1, 0.15) is 5.60 Å². The van der Waals surface area contributed by atoms with Crippen LogP contribution in [0.5, 0.6) is 0 Å². The average Bonchev–Trinajstić information content (AvgIpc) is 2.93. The molecule has 3 atom stereocenters. The lowest BCUT2D eigenvalue weighted by Crippen LogP contribution is -2.51. The molecule has 128 valence electrons.